The van der Waals surface area contributed by atoms with Crippen molar-refractivity contribution in [1.29, 1.82) is 0 Å². The maximum atomic E-state index is 12.6. The Balaban J connectivity index is 1.64. The molecule has 0 saturated carbocycles. The summed E-state index contributed by atoms with van der Waals surface area (Å²) in [6.45, 7) is 8.27. The average molecular weight is 413 g/mol. The van der Waals surface area contributed by atoms with Crippen LogP contribution in [0, 0.1) is 12.8 Å². The number of nitrogens with zero attached hydrogens (tertiary/aromatic N) is 3. The summed E-state index contributed by atoms with van der Waals surface area (Å²) in [5.74, 6) is 2.09. The van der Waals surface area contributed by atoms with Gasteiger partial charge in [-0.15, -0.1) is 10.2 Å². The molecule has 1 aromatic carbocycles. The van der Waals surface area contributed by atoms with Gasteiger partial charge < -0.3 is 14.3 Å². The van der Waals surface area contributed by atoms with Gasteiger partial charge >= 0.3 is 0 Å². The number of furan rings is 1. The van der Waals surface area contributed by atoms with Crippen molar-refractivity contribution in [2.75, 3.05) is 5.75 Å². The highest BCUT2D eigenvalue weighted by atomic mass is 32.2. The minimum atomic E-state index is -0.0164. The third-order valence-electron chi connectivity index (χ3n) is 5.00. The first-order valence-corrected chi connectivity index (χ1v) is 10.8. The fourth-order valence-corrected chi connectivity index (χ4v) is 3.96. The number of amides is 1. The van der Waals surface area contributed by atoms with Crippen LogP contribution >= 0.6 is 11.8 Å². The van der Waals surface area contributed by atoms with E-state index in [0.717, 1.165) is 29.1 Å². The Labute approximate surface area is 176 Å². The third-order valence-corrected chi connectivity index (χ3v) is 6.02. The fourth-order valence-electron chi connectivity index (χ4n) is 3.23. The van der Waals surface area contributed by atoms with Crippen molar-refractivity contribution in [3.05, 3.63) is 53.5 Å². The van der Waals surface area contributed by atoms with Gasteiger partial charge in [-0.05, 0) is 36.5 Å². The molecule has 0 radical (unpaired) electrons. The van der Waals surface area contributed by atoms with Crippen LogP contribution in [0.3, 0.4) is 0 Å². The Morgan fingerprint density at radius 1 is 1.21 bits per heavy atom. The van der Waals surface area contributed by atoms with Gasteiger partial charge in [0.25, 0.3) is 0 Å². The van der Waals surface area contributed by atoms with Crippen LogP contribution in [0.4, 0.5) is 0 Å². The number of rotatable bonds is 8. The molecule has 0 aliphatic carbocycles. The topological polar surface area (TPSA) is 73.0 Å². The van der Waals surface area contributed by atoms with Gasteiger partial charge in [0.15, 0.2) is 11.0 Å². The maximum absolute atomic E-state index is 12.6. The summed E-state index contributed by atoms with van der Waals surface area (Å²) in [6, 6.07) is 10.3. The zero-order chi connectivity index (χ0) is 21.0. The smallest absolute Gasteiger partial charge is 0.230 e. The largest absolute Gasteiger partial charge is 0.469 e. The molecule has 0 bridgehead atoms. The number of aromatic nitrogens is 3. The van der Waals surface area contributed by atoms with Gasteiger partial charge in [-0.25, -0.2) is 0 Å². The lowest BCUT2D eigenvalue weighted by atomic mass is 9.95. The van der Waals surface area contributed by atoms with Crippen LogP contribution in [-0.2, 0) is 18.3 Å². The van der Waals surface area contributed by atoms with E-state index in [9.17, 15) is 4.79 Å². The molecule has 1 amide bonds. The number of hydrogen-bond donors (Lipinski definition) is 1. The zero-order valence-electron chi connectivity index (χ0n) is 17.6. The van der Waals surface area contributed by atoms with Gasteiger partial charge in [0.2, 0.25) is 5.91 Å². The first-order valence-electron chi connectivity index (χ1n) is 9.85. The first kappa shape index (κ1) is 21.2. The van der Waals surface area contributed by atoms with Crippen LogP contribution in [0.2, 0.25) is 0 Å². The molecule has 2 heterocycles. The molecular formula is C22H28N4O2S. The normalized spacial score (nSPS) is 12.3. The summed E-state index contributed by atoms with van der Waals surface area (Å²) in [7, 11) is 1.90. The summed E-state index contributed by atoms with van der Waals surface area (Å²) in [4.78, 5) is 12.6. The van der Waals surface area contributed by atoms with Crippen molar-refractivity contribution in [2.45, 2.75) is 45.3 Å². The van der Waals surface area contributed by atoms with Gasteiger partial charge in [-0.1, -0.05) is 56.8 Å². The predicted octanol–water partition coefficient (Wildman–Crippen LogP) is 4.55. The van der Waals surface area contributed by atoms with Crippen LogP contribution in [0.5, 0.6) is 0 Å². The molecule has 0 fully saturated rings. The number of thioether (sulfide) groups is 1. The summed E-state index contributed by atoms with van der Waals surface area (Å²) >= 11 is 1.38. The van der Waals surface area contributed by atoms with E-state index in [1.165, 1.54) is 17.3 Å². The summed E-state index contributed by atoms with van der Waals surface area (Å²) in [5.41, 5.74) is 3.34. The number of hydrogen-bond acceptors (Lipinski definition) is 5. The van der Waals surface area contributed by atoms with Crippen molar-refractivity contribution in [3.63, 3.8) is 0 Å². The van der Waals surface area contributed by atoms with E-state index in [1.54, 1.807) is 6.26 Å². The number of carbonyl (C=O) groups excluding carboxylic acids is 1. The molecule has 0 saturated heterocycles. The summed E-state index contributed by atoms with van der Waals surface area (Å²) in [6.07, 6.45) is 2.65. The van der Waals surface area contributed by atoms with Crippen LogP contribution in [0.25, 0.3) is 11.4 Å². The molecule has 1 atom stereocenters. The summed E-state index contributed by atoms with van der Waals surface area (Å²) in [5, 5.41) is 12.4. The molecule has 3 rings (SSSR count). The second kappa shape index (κ2) is 9.31. The second-order valence-electron chi connectivity index (χ2n) is 7.43. The average Bonchev–Trinajstić information content (AvgIpc) is 3.29. The van der Waals surface area contributed by atoms with Gasteiger partial charge in [-0.3, -0.25) is 4.79 Å². The highest BCUT2D eigenvalue weighted by Crippen LogP contribution is 2.26. The molecule has 7 heteroatoms. The Bertz CT molecular complexity index is 960. The van der Waals surface area contributed by atoms with Crippen molar-refractivity contribution in [2.24, 2.45) is 13.0 Å². The molecule has 0 spiro atoms. The number of carbonyl (C=O) groups is 1. The molecule has 0 unspecified atom stereocenters. The molecule has 29 heavy (non-hydrogen) atoms. The second-order valence-corrected chi connectivity index (χ2v) is 8.37. The monoisotopic (exact) mass is 412 g/mol. The molecular weight excluding hydrogens is 384 g/mol. The lowest BCUT2D eigenvalue weighted by molar-refractivity contribution is -0.119. The van der Waals surface area contributed by atoms with E-state index in [0.29, 0.717) is 11.1 Å². The van der Waals surface area contributed by atoms with E-state index in [2.05, 4.69) is 60.6 Å². The summed E-state index contributed by atoms with van der Waals surface area (Å²) < 4.78 is 7.24. The van der Waals surface area contributed by atoms with Crippen molar-refractivity contribution in [1.82, 2.24) is 20.1 Å². The van der Waals surface area contributed by atoms with Crippen LogP contribution in [0.1, 0.15) is 43.7 Å². The van der Waals surface area contributed by atoms with E-state index in [4.69, 9.17) is 4.42 Å². The van der Waals surface area contributed by atoms with Crippen molar-refractivity contribution in [3.8, 4) is 11.4 Å². The van der Waals surface area contributed by atoms with E-state index >= 15 is 0 Å². The van der Waals surface area contributed by atoms with Gasteiger partial charge in [0.05, 0.1) is 23.6 Å². The minimum Gasteiger partial charge on any atom is -0.469 e. The van der Waals surface area contributed by atoms with E-state index in [1.807, 2.05) is 24.6 Å². The molecule has 0 aliphatic rings. The Kier molecular flexibility index (Phi) is 6.79. The number of benzene rings is 1. The van der Waals surface area contributed by atoms with Gasteiger partial charge in [-0.2, -0.15) is 0 Å². The van der Waals surface area contributed by atoms with Crippen molar-refractivity contribution < 1.29 is 9.21 Å². The molecule has 2 aromatic heterocycles. The van der Waals surface area contributed by atoms with Crippen molar-refractivity contribution >= 4 is 17.7 Å². The standard InChI is InChI=1S/C22H28N4O2S/c1-6-16-7-9-17(10-8-16)20(14(2)3)23-19(27)13-29-22-25-24-21(26(22)5)18-11-12-28-15(18)4/h7-12,14,20H,6,13H2,1-5H3,(H,23,27)/t20-/m1/s1. The van der Waals surface area contributed by atoms with E-state index < -0.39 is 0 Å². The Hall–Kier alpha value is -2.54. The quantitative estimate of drug-likeness (QED) is 0.550. The first-order chi connectivity index (χ1) is 13.9. The SMILES string of the molecule is CCc1ccc([C@H](NC(=O)CSc2nnc(-c3ccoc3C)n2C)C(C)C)cc1. The molecule has 3 aromatic rings. The van der Waals surface area contributed by atoms with E-state index in [-0.39, 0.29) is 17.7 Å². The van der Waals surface area contributed by atoms with Gasteiger partial charge in [0, 0.05) is 7.05 Å². The van der Waals surface area contributed by atoms with Crippen LogP contribution < -0.4 is 5.32 Å². The third kappa shape index (κ3) is 4.90. The Morgan fingerprint density at radius 2 is 1.93 bits per heavy atom. The van der Waals surface area contributed by atoms with Crippen LogP contribution in [-0.4, -0.2) is 26.4 Å². The predicted molar refractivity (Wildman–Crippen MR) is 116 cm³/mol. The maximum Gasteiger partial charge on any atom is 0.230 e. The number of nitrogens with one attached hydrogen (secondary N) is 1. The molecule has 154 valence electrons. The molecule has 0 aliphatic heterocycles. The minimum absolute atomic E-state index is 0.0161. The van der Waals surface area contributed by atoms with Gasteiger partial charge in [0.1, 0.15) is 5.76 Å². The lowest BCUT2D eigenvalue weighted by Gasteiger charge is -2.23. The Morgan fingerprint density at radius 3 is 2.52 bits per heavy atom. The fraction of sp³-hybridized carbons (Fsp3) is 0.409. The zero-order valence-corrected chi connectivity index (χ0v) is 18.4. The molecule has 6 nitrogen and oxygen atoms in total. The van der Waals surface area contributed by atoms with Crippen LogP contribution in [0.15, 0.2) is 46.2 Å². The number of aryl methyl sites for hydroxylation is 2. The highest BCUT2D eigenvalue weighted by molar-refractivity contribution is 7.99. The lowest BCUT2D eigenvalue weighted by Crippen LogP contribution is -2.33. The highest BCUT2D eigenvalue weighted by Gasteiger charge is 2.20. The molecule has 1 N–H and O–H groups in total.